The molecular weight excluding hydrogens is 961 g/mol. The molecule has 0 N–H and O–H groups in total. The summed E-state index contributed by atoms with van der Waals surface area (Å²) in [4.78, 5) is 53.4. The third-order valence-electron chi connectivity index (χ3n) is 12.7. The van der Waals surface area contributed by atoms with Gasteiger partial charge >= 0.3 is 23.9 Å². The molecule has 4 aromatic rings. The molecule has 8 bridgehead atoms. The lowest BCUT2D eigenvalue weighted by Gasteiger charge is -2.29. The molecule has 0 unspecified atom stereocenters. The molecule has 1 aliphatic carbocycles. The number of benzene rings is 4. The number of esters is 4. The molecule has 0 radical (unpaired) electrons. The summed E-state index contributed by atoms with van der Waals surface area (Å²) in [6.07, 6.45) is 6.88. The fourth-order valence-corrected chi connectivity index (χ4v) is 8.66. The van der Waals surface area contributed by atoms with E-state index in [0.29, 0.717) is 23.0 Å². The lowest BCUT2D eigenvalue weighted by molar-refractivity contribution is -0.145. The topological polar surface area (TPSA) is 142 Å². The van der Waals surface area contributed by atoms with Crippen molar-refractivity contribution in [3.05, 3.63) is 166 Å². The zero-order valence-corrected chi connectivity index (χ0v) is 47.1. The Morgan fingerprint density at radius 3 is 0.632 bits per heavy atom. The van der Waals surface area contributed by atoms with Crippen LogP contribution in [0.1, 0.15) is 150 Å². The zero-order chi connectivity index (χ0) is 56.2. The quantitative estimate of drug-likeness (QED) is 0.0416. The van der Waals surface area contributed by atoms with Gasteiger partial charge in [-0.2, -0.15) is 0 Å². The summed E-state index contributed by atoms with van der Waals surface area (Å²) < 4.78 is 48.5. The number of hydrogen-bond donors (Lipinski definition) is 0. The van der Waals surface area contributed by atoms with Crippen LogP contribution in [0.25, 0.3) is 0 Å². The van der Waals surface area contributed by atoms with E-state index in [0.717, 1.165) is 66.8 Å². The molecule has 0 aromatic heterocycles. The van der Waals surface area contributed by atoms with Crippen LogP contribution in [-0.4, -0.2) is 76.7 Å². The van der Waals surface area contributed by atoms with Gasteiger partial charge in [-0.25, -0.2) is 19.2 Å². The molecule has 0 amide bonds. The molecule has 1 aliphatic rings. The minimum atomic E-state index is -0.584. The predicted molar refractivity (Wildman–Crippen MR) is 298 cm³/mol. The van der Waals surface area contributed by atoms with Gasteiger partial charge in [0.05, 0.1) is 0 Å². The molecule has 0 saturated carbocycles. The van der Waals surface area contributed by atoms with Crippen molar-refractivity contribution >= 4 is 23.9 Å². The maximum absolute atomic E-state index is 13.4. The molecule has 0 aliphatic heterocycles. The molecule has 5 rings (SSSR count). The molecule has 0 heterocycles. The fourth-order valence-electron chi connectivity index (χ4n) is 8.66. The number of carbonyl (C=O) groups is 4. The molecular formula is C64H80O12. The van der Waals surface area contributed by atoms with E-state index in [4.69, 9.17) is 37.9 Å². The SMILES string of the molecule is C=CCOC(=O)COc1c2cc(C(C)(C)C)cc1Cc1cc(C(C)(C)C)cc(c1OCC(=O)OCC=C)Cc1cc(C(C)(C)C)cc(c1OCC(=O)OCC=C)Cc1cc(C(C)(C)C)cc(c1OCC(=O)OCC=C)C2. The third kappa shape index (κ3) is 16.5. The summed E-state index contributed by atoms with van der Waals surface area (Å²) in [5.74, 6) is -0.528. The highest BCUT2D eigenvalue weighted by atomic mass is 16.6. The Bertz CT molecular complexity index is 2330. The van der Waals surface area contributed by atoms with Crippen LogP contribution in [0.5, 0.6) is 23.0 Å². The third-order valence-corrected chi connectivity index (χ3v) is 12.7. The number of rotatable bonds is 20. The van der Waals surface area contributed by atoms with Crippen LogP contribution in [0, 0.1) is 0 Å². The van der Waals surface area contributed by atoms with Crippen LogP contribution < -0.4 is 18.9 Å². The zero-order valence-electron chi connectivity index (χ0n) is 47.1. The van der Waals surface area contributed by atoms with Crippen LogP contribution in [-0.2, 0) is 85.5 Å². The largest absolute Gasteiger partial charge is 0.481 e. The fraction of sp³-hybridized carbons (Fsp3) is 0.438. The summed E-state index contributed by atoms with van der Waals surface area (Å²) in [5.41, 5.74) is 8.35. The van der Waals surface area contributed by atoms with Crippen molar-refractivity contribution in [2.75, 3.05) is 52.9 Å². The Labute approximate surface area is 451 Å². The molecule has 0 spiro atoms. The maximum atomic E-state index is 13.4. The van der Waals surface area contributed by atoms with E-state index in [1.54, 1.807) is 0 Å². The van der Waals surface area contributed by atoms with Gasteiger partial charge in [-0.3, -0.25) is 0 Å². The van der Waals surface area contributed by atoms with Crippen LogP contribution in [0.4, 0.5) is 0 Å². The second-order valence-electron chi connectivity index (χ2n) is 23.2. The van der Waals surface area contributed by atoms with Gasteiger partial charge in [-0.1, -0.05) is 182 Å². The standard InChI is InChI=1S/C64H80O12/c1-17-21-69-53(65)37-73-57-41-25-43-31-50(62(8,9)10)33-45(58(43)74-38-54(66)70-22-18-2)27-47-35-52(64(14,15)16)36-48(60(47)76-40-56(68)72-24-20-4)28-46-34-51(63(11,12)13)32-44(59(46)75-39-55(67)71-23-19-3)26-42(57)30-49(29-41)61(5,6)7/h17-20,29-36H,1-4,21-28,37-40H2,5-16H3. The first-order valence-corrected chi connectivity index (χ1v) is 25.9. The summed E-state index contributed by atoms with van der Waals surface area (Å²) in [6, 6.07) is 16.8. The van der Waals surface area contributed by atoms with Gasteiger partial charge in [0.15, 0.2) is 26.4 Å². The van der Waals surface area contributed by atoms with E-state index in [1.165, 1.54) is 24.3 Å². The molecule has 4 aromatic carbocycles. The number of carbonyl (C=O) groups excluding carboxylic acids is 4. The highest BCUT2D eigenvalue weighted by molar-refractivity contribution is 5.73. The highest BCUT2D eigenvalue weighted by Crippen LogP contribution is 2.44. The van der Waals surface area contributed by atoms with E-state index < -0.39 is 50.3 Å². The Balaban J connectivity index is 2.03. The highest BCUT2D eigenvalue weighted by Gasteiger charge is 2.30. The van der Waals surface area contributed by atoms with Crippen molar-refractivity contribution < 1.29 is 57.1 Å². The Morgan fingerprint density at radius 1 is 0.342 bits per heavy atom. The second-order valence-corrected chi connectivity index (χ2v) is 23.2. The molecule has 0 atom stereocenters. The van der Waals surface area contributed by atoms with E-state index in [9.17, 15) is 19.2 Å². The Morgan fingerprint density at radius 2 is 0.500 bits per heavy atom. The van der Waals surface area contributed by atoms with Gasteiger partial charge in [0.1, 0.15) is 49.4 Å². The van der Waals surface area contributed by atoms with Crippen molar-refractivity contribution in [2.45, 2.75) is 130 Å². The summed E-state index contributed by atoms with van der Waals surface area (Å²) in [7, 11) is 0. The summed E-state index contributed by atoms with van der Waals surface area (Å²) >= 11 is 0. The van der Waals surface area contributed by atoms with Crippen molar-refractivity contribution in [1.82, 2.24) is 0 Å². The van der Waals surface area contributed by atoms with Gasteiger partial charge < -0.3 is 37.9 Å². The van der Waals surface area contributed by atoms with E-state index in [2.05, 4.69) is 158 Å². The molecule has 76 heavy (non-hydrogen) atoms. The van der Waals surface area contributed by atoms with Crippen LogP contribution in [0.15, 0.2) is 99.2 Å². The molecule has 12 nitrogen and oxygen atoms in total. The minimum absolute atomic E-state index is 0.00688. The van der Waals surface area contributed by atoms with Crippen molar-refractivity contribution in [3.63, 3.8) is 0 Å². The van der Waals surface area contributed by atoms with Gasteiger partial charge in [-0.15, -0.1) is 0 Å². The molecule has 408 valence electrons. The summed E-state index contributed by atoms with van der Waals surface area (Å²) in [6.45, 7) is 38.9. The van der Waals surface area contributed by atoms with Crippen molar-refractivity contribution in [2.24, 2.45) is 0 Å². The van der Waals surface area contributed by atoms with E-state index >= 15 is 0 Å². The van der Waals surface area contributed by atoms with Gasteiger partial charge in [0, 0.05) is 25.7 Å². The van der Waals surface area contributed by atoms with Gasteiger partial charge in [0.2, 0.25) is 0 Å². The summed E-state index contributed by atoms with van der Waals surface area (Å²) in [5, 5.41) is 0. The van der Waals surface area contributed by atoms with Crippen LogP contribution in [0.3, 0.4) is 0 Å². The smallest absolute Gasteiger partial charge is 0.344 e. The van der Waals surface area contributed by atoms with Crippen LogP contribution >= 0.6 is 0 Å². The average molecular weight is 1040 g/mol. The number of fused-ring (bicyclic) bond motifs is 8. The van der Waals surface area contributed by atoms with E-state index in [-0.39, 0.29) is 73.8 Å². The van der Waals surface area contributed by atoms with Crippen molar-refractivity contribution in [3.8, 4) is 23.0 Å². The number of hydrogen-bond acceptors (Lipinski definition) is 12. The van der Waals surface area contributed by atoms with Gasteiger partial charge in [-0.05, 0) is 88.4 Å². The maximum Gasteiger partial charge on any atom is 0.344 e. The lowest BCUT2D eigenvalue weighted by Crippen LogP contribution is -2.21. The number of ether oxygens (including phenoxy) is 8. The monoisotopic (exact) mass is 1040 g/mol. The first-order valence-electron chi connectivity index (χ1n) is 25.9. The average Bonchev–Trinajstić information content (AvgIpc) is 3.33. The normalized spacial score (nSPS) is 12.6. The molecule has 0 fully saturated rings. The lowest BCUT2D eigenvalue weighted by atomic mass is 9.79. The molecule has 12 heteroatoms. The first-order chi connectivity index (χ1) is 35.7. The Hall–Kier alpha value is -7.08. The van der Waals surface area contributed by atoms with Crippen LogP contribution in [0.2, 0.25) is 0 Å². The van der Waals surface area contributed by atoms with Gasteiger partial charge in [0.25, 0.3) is 0 Å². The van der Waals surface area contributed by atoms with E-state index in [1.807, 2.05) is 0 Å². The van der Waals surface area contributed by atoms with Crippen molar-refractivity contribution in [1.29, 1.82) is 0 Å². The Kier molecular flexibility index (Phi) is 20.2. The first kappa shape index (κ1) is 59.8. The minimum Gasteiger partial charge on any atom is -0.481 e. The second kappa shape index (κ2) is 25.6. The molecule has 0 saturated heterocycles. The predicted octanol–water partition coefficient (Wildman–Crippen LogP) is 12.0.